The van der Waals surface area contributed by atoms with E-state index < -0.39 is 17.5 Å². The molecule has 0 aliphatic heterocycles. The summed E-state index contributed by atoms with van der Waals surface area (Å²) in [7, 11) is 3.29. The minimum absolute atomic E-state index is 0.161. The van der Waals surface area contributed by atoms with Crippen molar-refractivity contribution < 1.29 is 13.6 Å². The fourth-order valence-corrected chi connectivity index (χ4v) is 3.50. The topological polar surface area (TPSA) is 106 Å². The molecular formula is C22H21F2N7O2. The molecular weight excluding hydrogens is 432 g/mol. The van der Waals surface area contributed by atoms with E-state index in [-0.39, 0.29) is 22.8 Å². The molecule has 0 aliphatic carbocycles. The number of hydrogen-bond acceptors (Lipinski definition) is 6. The number of anilines is 4. The van der Waals surface area contributed by atoms with Gasteiger partial charge < -0.3 is 25.1 Å². The molecule has 170 valence electrons. The number of rotatable bonds is 6. The Morgan fingerprint density at radius 1 is 1.12 bits per heavy atom. The molecule has 4 heterocycles. The van der Waals surface area contributed by atoms with Crippen LogP contribution in [0.25, 0.3) is 10.9 Å². The van der Waals surface area contributed by atoms with E-state index in [9.17, 15) is 18.4 Å². The first-order chi connectivity index (χ1) is 15.8. The predicted octanol–water partition coefficient (Wildman–Crippen LogP) is 3.27. The van der Waals surface area contributed by atoms with Crippen molar-refractivity contribution in [2.45, 2.75) is 13.5 Å². The SMILES string of the molecule is CCn1ccc2c(c(Nc3cc(Nc4ncc(F)cc4F)ncc3C(=O)NC)cn2C)c1=O. The van der Waals surface area contributed by atoms with Gasteiger partial charge in [0.2, 0.25) is 0 Å². The maximum absolute atomic E-state index is 14.0. The minimum atomic E-state index is -0.893. The first kappa shape index (κ1) is 21.9. The summed E-state index contributed by atoms with van der Waals surface area (Å²) in [5, 5.41) is 8.82. The highest BCUT2D eigenvalue weighted by Gasteiger charge is 2.17. The summed E-state index contributed by atoms with van der Waals surface area (Å²) < 4.78 is 30.6. The third-order valence-electron chi connectivity index (χ3n) is 5.16. The van der Waals surface area contributed by atoms with Gasteiger partial charge in [0, 0.05) is 51.4 Å². The Kier molecular flexibility index (Phi) is 5.78. The lowest BCUT2D eigenvalue weighted by Crippen LogP contribution is -2.20. The van der Waals surface area contributed by atoms with Crippen LogP contribution in [0.1, 0.15) is 17.3 Å². The lowest BCUT2D eigenvalue weighted by atomic mass is 10.2. The molecule has 0 saturated carbocycles. The standard InChI is InChI=1S/C22H21F2N7O2/c1-4-31-6-5-17-19(22(31)33)16(11-30(17)3)28-15-8-18(26-10-13(15)21(32)25-2)29-20-14(24)7-12(23)9-27-20/h5-11H,4H2,1-3H3,(H,25,32)(H2,26,27,28,29). The van der Waals surface area contributed by atoms with Crippen LogP contribution >= 0.6 is 0 Å². The normalized spacial score (nSPS) is 10.9. The van der Waals surface area contributed by atoms with E-state index in [4.69, 9.17) is 0 Å². The smallest absolute Gasteiger partial charge is 0.262 e. The number of aryl methyl sites for hydroxylation is 2. The molecule has 4 aromatic heterocycles. The summed E-state index contributed by atoms with van der Waals surface area (Å²) in [4.78, 5) is 33.2. The molecule has 0 saturated heterocycles. The van der Waals surface area contributed by atoms with E-state index in [2.05, 4.69) is 25.9 Å². The molecule has 0 aliphatic rings. The van der Waals surface area contributed by atoms with E-state index in [0.29, 0.717) is 29.4 Å². The van der Waals surface area contributed by atoms with E-state index in [1.165, 1.54) is 19.3 Å². The predicted molar refractivity (Wildman–Crippen MR) is 121 cm³/mol. The first-order valence-electron chi connectivity index (χ1n) is 10.1. The van der Waals surface area contributed by atoms with Crippen LogP contribution in [0.2, 0.25) is 0 Å². The lowest BCUT2D eigenvalue weighted by molar-refractivity contribution is 0.0963. The van der Waals surface area contributed by atoms with Crippen LogP contribution in [0.5, 0.6) is 0 Å². The number of hydrogen-bond donors (Lipinski definition) is 3. The molecule has 0 bridgehead atoms. The number of carbonyl (C=O) groups excluding carboxylic acids is 1. The van der Waals surface area contributed by atoms with Crippen molar-refractivity contribution in [2.24, 2.45) is 7.05 Å². The fourth-order valence-electron chi connectivity index (χ4n) is 3.50. The van der Waals surface area contributed by atoms with E-state index in [1.807, 2.05) is 20.0 Å². The van der Waals surface area contributed by atoms with Gasteiger partial charge in [0.15, 0.2) is 11.6 Å². The number of halogens is 2. The van der Waals surface area contributed by atoms with Gasteiger partial charge in [-0.2, -0.15) is 0 Å². The van der Waals surface area contributed by atoms with E-state index >= 15 is 0 Å². The number of carbonyl (C=O) groups is 1. The molecule has 33 heavy (non-hydrogen) atoms. The van der Waals surface area contributed by atoms with Crippen molar-refractivity contribution in [1.82, 2.24) is 24.4 Å². The van der Waals surface area contributed by atoms with Crippen LogP contribution < -0.4 is 21.5 Å². The average Bonchev–Trinajstić information content (AvgIpc) is 3.11. The van der Waals surface area contributed by atoms with Gasteiger partial charge in [0.25, 0.3) is 11.5 Å². The third kappa shape index (κ3) is 4.12. The Hall–Kier alpha value is -4.28. The quantitative estimate of drug-likeness (QED) is 0.414. The summed E-state index contributed by atoms with van der Waals surface area (Å²) in [6.45, 7) is 2.38. The van der Waals surface area contributed by atoms with Crippen molar-refractivity contribution in [3.8, 4) is 0 Å². The molecule has 0 spiro atoms. The lowest BCUT2D eigenvalue weighted by Gasteiger charge is -2.13. The zero-order valence-electron chi connectivity index (χ0n) is 18.1. The fraction of sp³-hybridized carbons (Fsp3) is 0.182. The number of fused-ring (bicyclic) bond motifs is 1. The molecule has 9 nitrogen and oxygen atoms in total. The summed E-state index contributed by atoms with van der Waals surface area (Å²) in [5.74, 6) is -2.17. The minimum Gasteiger partial charge on any atom is -0.355 e. The van der Waals surface area contributed by atoms with Crippen LogP contribution in [0, 0.1) is 11.6 Å². The Labute approximate surface area is 187 Å². The number of amides is 1. The van der Waals surface area contributed by atoms with E-state index in [1.54, 1.807) is 21.5 Å². The molecule has 4 rings (SSSR count). The van der Waals surface area contributed by atoms with Gasteiger partial charge >= 0.3 is 0 Å². The van der Waals surface area contributed by atoms with Crippen LogP contribution in [-0.4, -0.2) is 32.1 Å². The summed E-state index contributed by atoms with van der Waals surface area (Å²) in [5.41, 5.74) is 1.57. The Morgan fingerprint density at radius 3 is 2.61 bits per heavy atom. The van der Waals surface area contributed by atoms with Crippen molar-refractivity contribution in [3.05, 3.63) is 70.5 Å². The molecule has 11 heteroatoms. The van der Waals surface area contributed by atoms with Crippen LogP contribution in [-0.2, 0) is 13.6 Å². The molecule has 4 aromatic rings. The van der Waals surface area contributed by atoms with Crippen molar-refractivity contribution in [3.63, 3.8) is 0 Å². The maximum atomic E-state index is 14.0. The van der Waals surface area contributed by atoms with Gasteiger partial charge in [-0.25, -0.2) is 18.7 Å². The molecule has 3 N–H and O–H groups in total. The van der Waals surface area contributed by atoms with E-state index in [0.717, 1.165) is 11.7 Å². The van der Waals surface area contributed by atoms with Crippen molar-refractivity contribution in [1.29, 1.82) is 0 Å². The molecule has 0 fully saturated rings. The summed E-state index contributed by atoms with van der Waals surface area (Å²) in [6, 6.07) is 4.02. The zero-order valence-corrected chi connectivity index (χ0v) is 18.1. The molecule has 0 unspecified atom stereocenters. The second-order valence-electron chi connectivity index (χ2n) is 7.25. The Morgan fingerprint density at radius 2 is 1.91 bits per heavy atom. The molecule has 1 amide bonds. The monoisotopic (exact) mass is 453 g/mol. The van der Waals surface area contributed by atoms with Gasteiger partial charge in [-0.05, 0) is 13.0 Å². The molecule has 0 atom stereocenters. The first-order valence-corrected chi connectivity index (χ1v) is 10.1. The highest BCUT2D eigenvalue weighted by Crippen LogP contribution is 2.29. The number of pyridine rings is 3. The van der Waals surface area contributed by atoms with Crippen molar-refractivity contribution in [2.75, 3.05) is 17.7 Å². The van der Waals surface area contributed by atoms with Crippen molar-refractivity contribution >= 4 is 39.8 Å². The third-order valence-corrected chi connectivity index (χ3v) is 5.16. The van der Waals surface area contributed by atoms with Crippen LogP contribution in [0.4, 0.5) is 31.8 Å². The van der Waals surface area contributed by atoms with Crippen LogP contribution in [0.3, 0.4) is 0 Å². The molecule has 0 aromatic carbocycles. The second-order valence-corrected chi connectivity index (χ2v) is 7.25. The van der Waals surface area contributed by atoms with Gasteiger partial charge in [-0.3, -0.25) is 9.59 Å². The Balaban J connectivity index is 1.80. The average molecular weight is 453 g/mol. The maximum Gasteiger partial charge on any atom is 0.262 e. The van der Waals surface area contributed by atoms with Gasteiger partial charge in [-0.1, -0.05) is 0 Å². The number of aromatic nitrogens is 4. The Bertz CT molecular complexity index is 1430. The highest BCUT2D eigenvalue weighted by atomic mass is 19.1. The second kappa shape index (κ2) is 8.69. The number of nitrogens with one attached hydrogen (secondary N) is 3. The largest absolute Gasteiger partial charge is 0.355 e. The zero-order chi connectivity index (χ0) is 23.7. The van der Waals surface area contributed by atoms with Crippen LogP contribution in [0.15, 0.2) is 47.8 Å². The van der Waals surface area contributed by atoms with Gasteiger partial charge in [0.1, 0.15) is 11.6 Å². The van der Waals surface area contributed by atoms with Gasteiger partial charge in [-0.15, -0.1) is 0 Å². The number of nitrogens with zero attached hydrogens (tertiary/aromatic N) is 4. The van der Waals surface area contributed by atoms with Gasteiger partial charge in [0.05, 0.1) is 34.0 Å². The summed E-state index contributed by atoms with van der Waals surface area (Å²) in [6.07, 6.45) is 5.65. The summed E-state index contributed by atoms with van der Waals surface area (Å²) >= 11 is 0. The highest BCUT2D eigenvalue weighted by molar-refractivity contribution is 6.02. The molecule has 0 radical (unpaired) electrons.